The molecule has 0 aliphatic carbocycles. The van der Waals surface area contributed by atoms with E-state index in [4.69, 9.17) is 18.9 Å². The molecule has 1 saturated heterocycles. The van der Waals surface area contributed by atoms with Crippen LogP contribution in [0.25, 0.3) is 0 Å². The van der Waals surface area contributed by atoms with Gasteiger partial charge in [-0.2, -0.15) is 0 Å². The summed E-state index contributed by atoms with van der Waals surface area (Å²) in [6.45, 7) is 4.19. The average molecular weight is 609 g/mol. The topological polar surface area (TPSA) is 127 Å². The third-order valence-corrected chi connectivity index (χ3v) is 8.10. The Bertz CT molecular complexity index is 1440. The van der Waals surface area contributed by atoms with Crippen LogP contribution in [-0.4, -0.2) is 81.4 Å². The summed E-state index contributed by atoms with van der Waals surface area (Å²) in [5.74, 6) is 1.09. The number of fused-ring (bicyclic) bond motifs is 5. The standard InChI is InChI=1S/C31H36N4O7S/c1-20-6-7-28(43-20)30(37)35-11-8-26-27(18-35)41-19-21-4-3-5-23(14-21)42-25-16-22(15-24(17-25)40-13-12-39-2)29(36)32-9-10-33-31(38)34-26/h3-7,14-17,26-27H,8-13,18-19H2,1-2H3,(H,32,36)(H2,33,34,38)/t26-,27-/m0/s1. The van der Waals surface area contributed by atoms with E-state index in [1.165, 1.54) is 11.3 Å². The summed E-state index contributed by atoms with van der Waals surface area (Å²) in [5.41, 5.74) is 1.21. The number of nitrogens with one attached hydrogen (secondary N) is 3. The number of piperidine rings is 1. The van der Waals surface area contributed by atoms with Crippen molar-refractivity contribution in [3.05, 3.63) is 75.5 Å². The van der Waals surface area contributed by atoms with Crippen LogP contribution >= 0.6 is 11.3 Å². The molecule has 1 fully saturated rings. The van der Waals surface area contributed by atoms with Crippen molar-refractivity contribution in [2.24, 2.45) is 0 Å². The molecule has 3 N–H and O–H groups in total. The van der Waals surface area contributed by atoms with Crippen LogP contribution in [0.1, 0.15) is 36.9 Å². The fourth-order valence-electron chi connectivity index (χ4n) is 4.94. The number of carbonyl (C=O) groups excluding carboxylic acids is 3. The quantitative estimate of drug-likeness (QED) is 0.377. The number of hydrogen-bond acceptors (Lipinski definition) is 8. The van der Waals surface area contributed by atoms with Gasteiger partial charge in [0.1, 0.15) is 23.9 Å². The highest BCUT2D eigenvalue weighted by molar-refractivity contribution is 7.13. The Hall–Kier alpha value is -4.13. The van der Waals surface area contributed by atoms with Gasteiger partial charge in [-0.05, 0) is 55.3 Å². The predicted octanol–water partition coefficient (Wildman–Crippen LogP) is 3.72. The third kappa shape index (κ3) is 8.25. The van der Waals surface area contributed by atoms with Gasteiger partial charge < -0.3 is 39.8 Å². The van der Waals surface area contributed by atoms with Crippen molar-refractivity contribution in [2.75, 3.05) is 46.5 Å². The van der Waals surface area contributed by atoms with Crippen molar-refractivity contribution in [2.45, 2.75) is 32.1 Å². The Labute approximate surface area is 254 Å². The molecule has 5 rings (SSSR count). The van der Waals surface area contributed by atoms with Gasteiger partial charge in [0.2, 0.25) is 0 Å². The van der Waals surface area contributed by atoms with Gasteiger partial charge in [-0.25, -0.2) is 4.79 Å². The lowest BCUT2D eigenvalue weighted by atomic mass is 10.0. The molecule has 3 heterocycles. The highest BCUT2D eigenvalue weighted by Crippen LogP contribution is 2.29. The minimum atomic E-state index is -0.434. The minimum absolute atomic E-state index is 0.0389. The molecule has 0 saturated carbocycles. The number of aryl methyl sites for hydroxylation is 1. The van der Waals surface area contributed by atoms with Crippen molar-refractivity contribution in [3.63, 3.8) is 0 Å². The fraction of sp³-hybridized carbons (Fsp3) is 0.387. The zero-order valence-electron chi connectivity index (χ0n) is 24.2. The average Bonchev–Trinajstić information content (AvgIpc) is 3.44. The molecule has 2 aromatic carbocycles. The van der Waals surface area contributed by atoms with E-state index >= 15 is 0 Å². The summed E-state index contributed by atoms with van der Waals surface area (Å²) < 4.78 is 23.3. The number of rotatable bonds is 5. The van der Waals surface area contributed by atoms with Crippen LogP contribution in [0.15, 0.2) is 54.6 Å². The summed E-state index contributed by atoms with van der Waals surface area (Å²) in [7, 11) is 1.59. The number of nitrogens with zero attached hydrogens (tertiary/aromatic N) is 1. The number of thiophene rings is 1. The number of urea groups is 1. The van der Waals surface area contributed by atoms with E-state index in [0.29, 0.717) is 60.4 Å². The smallest absolute Gasteiger partial charge is 0.315 e. The summed E-state index contributed by atoms with van der Waals surface area (Å²) >= 11 is 1.47. The largest absolute Gasteiger partial charge is 0.491 e. The summed E-state index contributed by atoms with van der Waals surface area (Å²) in [4.78, 5) is 42.5. The van der Waals surface area contributed by atoms with E-state index < -0.39 is 6.10 Å². The second kappa shape index (κ2) is 14.4. The first-order valence-electron chi connectivity index (χ1n) is 14.2. The van der Waals surface area contributed by atoms with Crippen molar-refractivity contribution >= 4 is 29.2 Å². The maximum atomic E-state index is 13.2. The lowest BCUT2D eigenvalue weighted by molar-refractivity contribution is -0.0234. The van der Waals surface area contributed by atoms with E-state index in [2.05, 4.69) is 16.0 Å². The predicted molar refractivity (Wildman–Crippen MR) is 161 cm³/mol. The molecule has 4 amide bonds. The number of methoxy groups -OCH3 is 1. The van der Waals surface area contributed by atoms with Gasteiger partial charge in [-0.3, -0.25) is 9.59 Å². The van der Waals surface area contributed by atoms with Crippen molar-refractivity contribution in [1.82, 2.24) is 20.9 Å². The van der Waals surface area contributed by atoms with E-state index in [0.717, 1.165) is 10.4 Å². The Balaban J connectivity index is 1.37. The molecular weight excluding hydrogens is 572 g/mol. The van der Waals surface area contributed by atoms with Gasteiger partial charge in [0.05, 0.1) is 30.2 Å². The van der Waals surface area contributed by atoms with Crippen LogP contribution in [-0.2, 0) is 16.1 Å². The zero-order chi connectivity index (χ0) is 30.2. The molecule has 1 aromatic heterocycles. The highest BCUT2D eigenvalue weighted by atomic mass is 32.1. The Morgan fingerprint density at radius 3 is 2.72 bits per heavy atom. The minimum Gasteiger partial charge on any atom is -0.491 e. The van der Waals surface area contributed by atoms with E-state index in [9.17, 15) is 14.4 Å². The summed E-state index contributed by atoms with van der Waals surface area (Å²) in [5, 5.41) is 8.63. The SMILES string of the molecule is COCCOc1cc2cc(c1)C(=O)NCCNC(=O)N[C@H]1CCN(C(=O)c3ccc(C)s3)C[C@@H]1OCc1cccc(c1)O2. The van der Waals surface area contributed by atoms with E-state index in [1.807, 2.05) is 43.3 Å². The van der Waals surface area contributed by atoms with Gasteiger partial charge in [0, 0.05) is 49.8 Å². The maximum Gasteiger partial charge on any atom is 0.315 e. The van der Waals surface area contributed by atoms with Gasteiger partial charge in [-0.1, -0.05) is 12.1 Å². The number of carbonyl (C=O) groups is 3. The van der Waals surface area contributed by atoms with Crippen LogP contribution < -0.4 is 25.4 Å². The van der Waals surface area contributed by atoms with Crippen LogP contribution in [0.5, 0.6) is 17.2 Å². The molecule has 11 nitrogen and oxygen atoms in total. The van der Waals surface area contributed by atoms with E-state index in [1.54, 1.807) is 30.2 Å². The normalized spacial score (nSPS) is 19.4. The second-order valence-corrected chi connectivity index (χ2v) is 11.6. The molecule has 3 aromatic rings. The first kappa shape index (κ1) is 30.3. The maximum absolute atomic E-state index is 13.2. The monoisotopic (exact) mass is 608 g/mol. The Morgan fingerprint density at radius 2 is 1.91 bits per heavy atom. The number of likely N-dealkylation sites (tertiary alicyclic amines) is 1. The van der Waals surface area contributed by atoms with Gasteiger partial charge in [0.15, 0.2) is 0 Å². The van der Waals surface area contributed by atoms with Crippen molar-refractivity contribution in [3.8, 4) is 17.2 Å². The Kier molecular flexibility index (Phi) is 10.1. The molecule has 43 heavy (non-hydrogen) atoms. The molecule has 228 valence electrons. The molecule has 0 spiro atoms. The first-order chi connectivity index (χ1) is 20.9. The molecular formula is C31H36N4O7S. The van der Waals surface area contributed by atoms with Crippen LogP contribution in [0.2, 0.25) is 0 Å². The van der Waals surface area contributed by atoms with Crippen LogP contribution in [0, 0.1) is 6.92 Å². The third-order valence-electron chi connectivity index (χ3n) is 7.11. The molecule has 2 aliphatic rings. The van der Waals surface area contributed by atoms with Gasteiger partial charge in [-0.15, -0.1) is 11.3 Å². The van der Waals surface area contributed by atoms with Crippen LogP contribution in [0.3, 0.4) is 0 Å². The summed E-state index contributed by atoms with van der Waals surface area (Å²) in [6.07, 6.45) is 0.105. The molecule has 12 heteroatoms. The molecule has 4 bridgehead atoms. The number of benzene rings is 2. The van der Waals surface area contributed by atoms with E-state index in [-0.39, 0.29) is 43.6 Å². The number of hydrogen-bond donors (Lipinski definition) is 3. The van der Waals surface area contributed by atoms with Gasteiger partial charge >= 0.3 is 6.03 Å². The van der Waals surface area contributed by atoms with Crippen LogP contribution in [0.4, 0.5) is 4.79 Å². The Morgan fingerprint density at radius 1 is 1.05 bits per heavy atom. The fourth-order valence-corrected chi connectivity index (χ4v) is 5.78. The number of ether oxygens (including phenoxy) is 4. The lowest BCUT2D eigenvalue weighted by Crippen LogP contribution is -2.57. The molecule has 0 unspecified atom stereocenters. The molecule has 2 aliphatic heterocycles. The summed E-state index contributed by atoms with van der Waals surface area (Å²) in [6, 6.07) is 15.6. The second-order valence-electron chi connectivity index (χ2n) is 10.3. The van der Waals surface area contributed by atoms with Crippen molar-refractivity contribution < 1.29 is 33.3 Å². The lowest BCUT2D eigenvalue weighted by Gasteiger charge is -2.38. The number of amides is 4. The first-order valence-corrected chi connectivity index (χ1v) is 15.0. The molecule has 2 atom stereocenters. The van der Waals surface area contributed by atoms with Gasteiger partial charge in [0.25, 0.3) is 11.8 Å². The highest BCUT2D eigenvalue weighted by Gasteiger charge is 2.34. The van der Waals surface area contributed by atoms with Crippen molar-refractivity contribution in [1.29, 1.82) is 0 Å². The zero-order valence-corrected chi connectivity index (χ0v) is 25.0. The molecule has 0 radical (unpaired) electrons.